The highest BCUT2D eigenvalue weighted by Crippen LogP contribution is 2.15. The number of benzene rings is 1. The van der Waals surface area contributed by atoms with Crippen molar-refractivity contribution in [1.82, 2.24) is 19.5 Å². The predicted octanol–water partition coefficient (Wildman–Crippen LogP) is 2.40. The maximum Gasteiger partial charge on any atom is 0.153 e. The van der Waals surface area contributed by atoms with Crippen LogP contribution in [0.2, 0.25) is 0 Å². The Hall–Kier alpha value is -2.40. The average molecular weight is 321 g/mol. The Kier molecular flexibility index (Phi) is 4.17. The molecule has 0 aliphatic carbocycles. The van der Waals surface area contributed by atoms with E-state index in [1.165, 1.54) is 5.56 Å². The van der Waals surface area contributed by atoms with Crippen LogP contribution in [0.25, 0.3) is 5.65 Å². The Morgan fingerprint density at radius 2 is 1.75 bits per heavy atom. The first-order valence-corrected chi connectivity index (χ1v) is 8.62. The SMILES string of the molecule is Cc1cn2nc(N3CCN(CCc4ccccc4)CC3)ccc2n1. The molecule has 5 nitrogen and oxygen atoms in total. The Morgan fingerprint density at radius 3 is 2.54 bits per heavy atom. The van der Waals surface area contributed by atoms with E-state index >= 15 is 0 Å². The fourth-order valence-corrected chi connectivity index (χ4v) is 3.29. The second kappa shape index (κ2) is 6.61. The van der Waals surface area contributed by atoms with E-state index in [-0.39, 0.29) is 0 Å². The highest BCUT2D eigenvalue weighted by atomic mass is 15.4. The van der Waals surface area contributed by atoms with Gasteiger partial charge in [0.2, 0.25) is 0 Å². The summed E-state index contributed by atoms with van der Waals surface area (Å²) in [6.07, 6.45) is 3.11. The molecule has 1 aliphatic rings. The Balaban J connectivity index is 1.34. The van der Waals surface area contributed by atoms with Crippen molar-refractivity contribution in [2.24, 2.45) is 0 Å². The number of fused-ring (bicyclic) bond motifs is 1. The van der Waals surface area contributed by atoms with Crippen LogP contribution in [-0.4, -0.2) is 52.2 Å². The van der Waals surface area contributed by atoms with E-state index in [1.54, 1.807) is 0 Å². The van der Waals surface area contributed by atoms with Crippen LogP contribution in [-0.2, 0) is 6.42 Å². The summed E-state index contributed by atoms with van der Waals surface area (Å²) in [5.41, 5.74) is 3.34. The van der Waals surface area contributed by atoms with Crippen molar-refractivity contribution in [3.05, 3.63) is 59.9 Å². The van der Waals surface area contributed by atoms with Crippen molar-refractivity contribution < 1.29 is 0 Å². The van der Waals surface area contributed by atoms with Gasteiger partial charge in [-0.2, -0.15) is 0 Å². The van der Waals surface area contributed by atoms with E-state index in [4.69, 9.17) is 5.10 Å². The first kappa shape index (κ1) is 15.1. The van der Waals surface area contributed by atoms with Gasteiger partial charge in [-0.3, -0.25) is 4.90 Å². The molecule has 1 aliphatic heterocycles. The quantitative estimate of drug-likeness (QED) is 0.739. The first-order valence-electron chi connectivity index (χ1n) is 8.62. The number of nitrogens with zero attached hydrogens (tertiary/aromatic N) is 5. The number of rotatable bonds is 4. The fourth-order valence-electron chi connectivity index (χ4n) is 3.29. The number of aryl methyl sites for hydroxylation is 1. The van der Waals surface area contributed by atoms with Crippen molar-refractivity contribution in [2.45, 2.75) is 13.3 Å². The van der Waals surface area contributed by atoms with E-state index in [0.717, 1.165) is 56.3 Å². The molecule has 3 heterocycles. The molecule has 3 aromatic rings. The first-order chi connectivity index (χ1) is 11.8. The molecule has 0 saturated carbocycles. The monoisotopic (exact) mass is 321 g/mol. The minimum atomic E-state index is 0.915. The summed E-state index contributed by atoms with van der Waals surface area (Å²) in [7, 11) is 0. The zero-order valence-corrected chi connectivity index (χ0v) is 14.1. The van der Waals surface area contributed by atoms with Crippen molar-refractivity contribution in [3.63, 3.8) is 0 Å². The summed E-state index contributed by atoms with van der Waals surface area (Å²) in [4.78, 5) is 9.35. The minimum absolute atomic E-state index is 0.915. The van der Waals surface area contributed by atoms with Gasteiger partial charge in [0.05, 0.1) is 11.9 Å². The van der Waals surface area contributed by atoms with Gasteiger partial charge in [0.1, 0.15) is 5.82 Å². The molecule has 124 valence electrons. The van der Waals surface area contributed by atoms with Gasteiger partial charge in [0.25, 0.3) is 0 Å². The maximum absolute atomic E-state index is 4.70. The average Bonchev–Trinajstić information content (AvgIpc) is 3.00. The van der Waals surface area contributed by atoms with Crippen LogP contribution >= 0.6 is 0 Å². The fraction of sp³-hybridized carbons (Fsp3) is 0.368. The maximum atomic E-state index is 4.70. The van der Waals surface area contributed by atoms with Crippen LogP contribution in [0.15, 0.2) is 48.7 Å². The molecule has 0 atom stereocenters. The van der Waals surface area contributed by atoms with Gasteiger partial charge in [0.15, 0.2) is 5.65 Å². The van der Waals surface area contributed by atoms with Crippen LogP contribution in [0.4, 0.5) is 5.82 Å². The molecule has 0 bridgehead atoms. The summed E-state index contributed by atoms with van der Waals surface area (Å²) < 4.78 is 1.88. The molecule has 2 aromatic heterocycles. The lowest BCUT2D eigenvalue weighted by Gasteiger charge is -2.35. The molecule has 1 aromatic carbocycles. The molecular weight excluding hydrogens is 298 g/mol. The molecule has 4 rings (SSSR count). The lowest BCUT2D eigenvalue weighted by atomic mass is 10.1. The molecule has 0 amide bonds. The number of imidazole rings is 1. The highest BCUT2D eigenvalue weighted by Gasteiger charge is 2.18. The molecule has 1 fully saturated rings. The van der Waals surface area contributed by atoms with Gasteiger partial charge in [-0.1, -0.05) is 30.3 Å². The Bertz CT molecular complexity index is 803. The number of hydrogen-bond acceptors (Lipinski definition) is 4. The lowest BCUT2D eigenvalue weighted by Crippen LogP contribution is -2.47. The molecule has 1 saturated heterocycles. The second-order valence-corrected chi connectivity index (χ2v) is 6.44. The summed E-state index contributed by atoms with van der Waals surface area (Å²) >= 11 is 0. The van der Waals surface area contributed by atoms with E-state index in [9.17, 15) is 0 Å². The third kappa shape index (κ3) is 3.26. The largest absolute Gasteiger partial charge is 0.353 e. The van der Waals surface area contributed by atoms with E-state index in [2.05, 4.69) is 57.2 Å². The minimum Gasteiger partial charge on any atom is -0.353 e. The van der Waals surface area contributed by atoms with Crippen molar-refractivity contribution in [3.8, 4) is 0 Å². The molecule has 24 heavy (non-hydrogen) atoms. The van der Waals surface area contributed by atoms with Gasteiger partial charge < -0.3 is 4.90 Å². The number of hydrogen-bond donors (Lipinski definition) is 0. The van der Waals surface area contributed by atoms with Gasteiger partial charge in [-0.05, 0) is 31.0 Å². The number of piperazine rings is 1. The lowest BCUT2D eigenvalue weighted by molar-refractivity contribution is 0.260. The van der Waals surface area contributed by atoms with Crippen LogP contribution < -0.4 is 4.90 Å². The van der Waals surface area contributed by atoms with Crippen LogP contribution in [0, 0.1) is 6.92 Å². The van der Waals surface area contributed by atoms with Crippen LogP contribution in [0.1, 0.15) is 11.3 Å². The normalized spacial score (nSPS) is 16.0. The van der Waals surface area contributed by atoms with Crippen molar-refractivity contribution >= 4 is 11.5 Å². The number of aromatic nitrogens is 3. The predicted molar refractivity (Wildman–Crippen MR) is 96.5 cm³/mol. The van der Waals surface area contributed by atoms with E-state index in [1.807, 2.05) is 17.6 Å². The van der Waals surface area contributed by atoms with E-state index < -0.39 is 0 Å². The zero-order chi connectivity index (χ0) is 16.4. The molecule has 0 N–H and O–H groups in total. The molecule has 0 unspecified atom stereocenters. The van der Waals surface area contributed by atoms with Crippen molar-refractivity contribution in [1.29, 1.82) is 0 Å². The number of anilines is 1. The third-order valence-electron chi connectivity index (χ3n) is 4.68. The smallest absolute Gasteiger partial charge is 0.153 e. The van der Waals surface area contributed by atoms with Crippen molar-refractivity contribution in [2.75, 3.05) is 37.6 Å². The Morgan fingerprint density at radius 1 is 0.958 bits per heavy atom. The molecular formula is C19H23N5. The van der Waals surface area contributed by atoms with Gasteiger partial charge in [0, 0.05) is 32.7 Å². The summed E-state index contributed by atoms with van der Waals surface area (Å²) in [5.74, 6) is 1.04. The second-order valence-electron chi connectivity index (χ2n) is 6.44. The van der Waals surface area contributed by atoms with Gasteiger partial charge >= 0.3 is 0 Å². The third-order valence-corrected chi connectivity index (χ3v) is 4.68. The summed E-state index contributed by atoms with van der Waals surface area (Å²) in [6, 6.07) is 14.9. The standard InChI is InChI=1S/C19H23N5/c1-16-15-24-18(20-16)7-8-19(21-24)23-13-11-22(12-14-23)10-9-17-5-3-2-4-6-17/h2-8,15H,9-14H2,1H3. The topological polar surface area (TPSA) is 36.7 Å². The molecule has 0 radical (unpaired) electrons. The van der Waals surface area contributed by atoms with Crippen LogP contribution in [0.5, 0.6) is 0 Å². The van der Waals surface area contributed by atoms with Gasteiger partial charge in [-0.25, -0.2) is 9.50 Å². The zero-order valence-electron chi connectivity index (χ0n) is 14.1. The Labute approximate surface area is 142 Å². The summed E-state index contributed by atoms with van der Waals surface area (Å²) in [6.45, 7) is 7.37. The molecule has 0 spiro atoms. The van der Waals surface area contributed by atoms with Crippen LogP contribution in [0.3, 0.4) is 0 Å². The molecule has 5 heteroatoms. The highest BCUT2D eigenvalue weighted by molar-refractivity contribution is 5.46. The van der Waals surface area contributed by atoms with E-state index in [0.29, 0.717) is 0 Å². The summed E-state index contributed by atoms with van der Waals surface area (Å²) in [5, 5.41) is 4.70. The van der Waals surface area contributed by atoms with Gasteiger partial charge in [-0.15, -0.1) is 5.10 Å².